The number of ketones is 1. The Bertz CT molecular complexity index is 920. The SMILES string of the molecule is CCN(C(=O)c1ccc(Nc2ccc(C(C)=O)cc2)cn1)c1ccccc1. The first-order valence-corrected chi connectivity index (χ1v) is 8.79. The van der Waals surface area contributed by atoms with E-state index in [1.165, 1.54) is 6.92 Å². The number of amides is 1. The predicted molar refractivity (Wildman–Crippen MR) is 108 cm³/mol. The van der Waals surface area contributed by atoms with Gasteiger partial charge in [0.2, 0.25) is 0 Å². The molecule has 2 aromatic carbocycles. The molecule has 0 fully saturated rings. The molecule has 1 N–H and O–H groups in total. The van der Waals surface area contributed by atoms with Gasteiger partial charge in [-0.25, -0.2) is 4.98 Å². The topological polar surface area (TPSA) is 62.3 Å². The zero-order valence-corrected chi connectivity index (χ0v) is 15.3. The van der Waals surface area contributed by atoms with Crippen molar-refractivity contribution in [3.63, 3.8) is 0 Å². The number of hydrogen-bond acceptors (Lipinski definition) is 4. The van der Waals surface area contributed by atoms with Crippen molar-refractivity contribution in [2.24, 2.45) is 0 Å². The average molecular weight is 359 g/mol. The summed E-state index contributed by atoms with van der Waals surface area (Å²) in [5.41, 5.74) is 3.52. The Kier molecular flexibility index (Phi) is 5.61. The zero-order chi connectivity index (χ0) is 19.2. The summed E-state index contributed by atoms with van der Waals surface area (Å²) in [6.07, 6.45) is 1.63. The number of nitrogens with one attached hydrogen (secondary N) is 1. The summed E-state index contributed by atoms with van der Waals surface area (Å²) in [6, 6.07) is 20.3. The Hall–Kier alpha value is -3.47. The highest BCUT2D eigenvalue weighted by atomic mass is 16.2. The Morgan fingerprint density at radius 1 is 0.926 bits per heavy atom. The predicted octanol–water partition coefficient (Wildman–Crippen LogP) is 4.69. The van der Waals surface area contributed by atoms with Gasteiger partial charge in [0, 0.05) is 23.5 Å². The van der Waals surface area contributed by atoms with Gasteiger partial charge in [-0.05, 0) is 62.4 Å². The number of nitrogens with zero attached hydrogens (tertiary/aromatic N) is 2. The van der Waals surface area contributed by atoms with Gasteiger partial charge in [-0.3, -0.25) is 9.59 Å². The molecule has 0 atom stereocenters. The Balaban J connectivity index is 1.72. The fourth-order valence-electron chi connectivity index (χ4n) is 2.74. The van der Waals surface area contributed by atoms with Gasteiger partial charge in [0.15, 0.2) is 5.78 Å². The first-order chi connectivity index (χ1) is 13.1. The van der Waals surface area contributed by atoms with Crippen LogP contribution in [-0.4, -0.2) is 23.2 Å². The van der Waals surface area contributed by atoms with Crippen molar-refractivity contribution in [2.75, 3.05) is 16.8 Å². The maximum atomic E-state index is 12.8. The second-order valence-electron chi connectivity index (χ2n) is 6.08. The maximum absolute atomic E-state index is 12.8. The number of anilines is 3. The standard InChI is InChI=1S/C22H21N3O2/c1-3-25(20-7-5-4-6-8-20)22(27)21-14-13-19(15-23-21)24-18-11-9-17(10-12-18)16(2)26/h4-15,24H,3H2,1-2H3. The minimum absolute atomic E-state index is 0.0324. The Morgan fingerprint density at radius 2 is 1.59 bits per heavy atom. The molecule has 5 heteroatoms. The minimum Gasteiger partial charge on any atom is -0.354 e. The number of carbonyl (C=O) groups excluding carboxylic acids is 2. The number of aromatic nitrogens is 1. The van der Waals surface area contributed by atoms with Crippen LogP contribution in [0.15, 0.2) is 72.9 Å². The van der Waals surface area contributed by atoms with Crippen molar-refractivity contribution in [1.29, 1.82) is 0 Å². The molecule has 3 aromatic rings. The van der Waals surface area contributed by atoms with Gasteiger partial charge in [0.1, 0.15) is 5.69 Å². The molecule has 1 amide bonds. The third-order valence-corrected chi connectivity index (χ3v) is 4.19. The molecule has 136 valence electrons. The van der Waals surface area contributed by atoms with E-state index < -0.39 is 0 Å². The van der Waals surface area contributed by atoms with Gasteiger partial charge < -0.3 is 10.2 Å². The summed E-state index contributed by atoms with van der Waals surface area (Å²) in [6.45, 7) is 4.04. The van der Waals surface area contributed by atoms with E-state index in [1.54, 1.807) is 29.3 Å². The lowest BCUT2D eigenvalue weighted by atomic mass is 10.1. The molecule has 0 bridgehead atoms. The van der Waals surface area contributed by atoms with Gasteiger partial charge in [-0.15, -0.1) is 0 Å². The number of rotatable bonds is 6. The molecular weight excluding hydrogens is 338 g/mol. The molecule has 1 aromatic heterocycles. The number of carbonyl (C=O) groups is 2. The smallest absolute Gasteiger partial charge is 0.276 e. The largest absolute Gasteiger partial charge is 0.354 e. The number of pyridine rings is 1. The lowest BCUT2D eigenvalue weighted by Gasteiger charge is -2.20. The Morgan fingerprint density at radius 3 is 2.15 bits per heavy atom. The van der Waals surface area contributed by atoms with Crippen molar-refractivity contribution < 1.29 is 9.59 Å². The molecule has 0 saturated heterocycles. The van der Waals surface area contributed by atoms with Crippen LogP contribution in [0.25, 0.3) is 0 Å². The van der Waals surface area contributed by atoms with Crippen LogP contribution in [0.1, 0.15) is 34.7 Å². The van der Waals surface area contributed by atoms with E-state index in [2.05, 4.69) is 10.3 Å². The van der Waals surface area contributed by atoms with Gasteiger partial charge in [0.25, 0.3) is 5.91 Å². The number of Topliss-reactive ketones (excluding diaryl/α,β-unsaturated/α-hetero) is 1. The van der Waals surface area contributed by atoms with Crippen molar-refractivity contribution in [2.45, 2.75) is 13.8 Å². The monoisotopic (exact) mass is 359 g/mol. The summed E-state index contributed by atoms with van der Waals surface area (Å²) in [5, 5.41) is 3.21. The van der Waals surface area contributed by atoms with E-state index in [-0.39, 0.29) is 11.7 Å². The molecule has 0 spiro atoms. The molecule has 0 unspecified atom stereocenters. The summed E-state index contributed by atoms with van der Waals surface area (Å²) in [4.78, 5) is 30.1. The minimum atomic E-state index is -0.138. The third-order valence-electron chi connectivity index (χ3n) is 4.19. The van der Waals surface area contributed by atoms with E-state index in [4.69, 9.17) is 0 Å². The van der Waals surface area contributed by atoms with Crippen LogP contribution in [0, 0.1) is 0 Å². The van der Waals surface area contributed by atoms with Crippen molar-refractivity contribution in [3.05, 3.63) is 84.2 Å². The molecule has 0 saturated carbocycles. The van der Waals surface area contributed by atoms with Gasteiger partial charge >= 0.3 is 0 Å². The van der Waals surface area contributed by atoms with Crippen LogP contribution >= 0.6 is 0 Å². The highest BCUT2D eigenvalue weighted by molar-refractivity contribution is 6.04. The van der Waals surface area contributed by atoms with Crippen LogP contribution in [-0.2, 0) is 0 Å². The van der Waals surface area contributed by atoms with E-state index in [1.807, 2.05) is 55.5 Å². The van der Waals surface area contributed by atoms with Crippen molar-refractivity contribution >= 4 is 28.8 Å². The molecular formula is C22H21N3O2. The Labute approximate surface area is 158 Å². The zero-order valence-electron chi connectivity index (χ0n) is 15.3. The second kappa shape index (κ2) is 8.27. The normalized spacial score (nSPS) is 10.3. The molecule has 0 aliphatic heterocycles. The van der Waals surface area contributed by atoms with Crippen molar-refractivity contribution in [3.8, 4) is 0 Å². The molecule has 1 heterocycles. The average Bonchev–Trinajstić information content (AvgIpc) is 2.70. The van der Waals surface area contributed by atoms with Crippen LogP contribution in [0.2, 0.25) is 0 Å². The fraction of sp³-hybridized carbons (Fsp3) is 0.136. The van der Waals surface area contributed by atoms with Crippen molar-refractivity contribution in [1.82, 2.24) is 4.98 Å². The van der Waals surface area contributed by atoms with Crippen LogP contribution in [0.5, 0.6) is 0 Å². The summed E-state index contributed by atoms with van der Waals surface area (Å²) < 4.78 is 0. The van der Waals surface area contributed by atoms with Crippen LogP contribution < -0.4 is 10.2 Å². The molecule has 0 aliphatic rings. The number of benzene rings is 2. The fourth-order valence-corrected chi connectivity index (χ4v) is 2.74. The van der Waals surface area contributed by atoms with Gasteiger partial charge in [0.05, 0.1) is 11.9 Å². The third kappa shape index (κ3) is 4.39. The molecule has 0 aliphatic carbocycles. The van der Waals surface area contributed by atoms with E-state index in [9.17, 15) is 9.59 Å². The highest BCUT2D eigenvalue weighted by Crippen LogP contribution is 2.19. The second-order valence-corrected chi connectivity index (χ2v) is 6.08. The molecule has 0 radical (unpaired) electrons. The van der Waals surface area contributed by atoms with E-state index in [0.717, 1.165) is 17.1 Å². The molecule has 5 nitrogen and oxygen atoms in total. The lowest BCUT2D eigenvalue weighted by Crippen LogP contribution is -2.31. The van der Waals surface area contributed by atoms with Crippen LogP contribution in [0.3, 0.4) is 0 Å². The van der Waals surface area contributed by atoms with E-state index in [0.29, 0.717) is 17.8 Å². The van der Waals surface area contributed by atoms with Gasteiger partial charge in [-0.2, -0.15) is 0 Å². The molecule has 3 rings (SSSR count). The molecule has 27 heavy (non-hydrogen) atoms. The number of hydrogen-bond donors (Lipinski definition) is 1. The van der Waals surface area contributed by atoms with Crippen LogP contribution in [0.4, 0.5) is 17.1 Å². The maximum Gasteiger partial charge on any atom is 0.276 e. The quantitative estimate of drug-likeness (QED) is 0.648. The summed E-state index contributed by atoms with van der Waals surface area (Å²) in [5.74, 6) is -0.106. The first-order valence-electron chi connectivity index (χ1n) is 8.79. The lowest BCUT2D eigenvalue weighted by molar-refractivity contribution is 0.0981. The first kappa shape index (κ1) is 18.3. The van der Waals surface area contributed by atoms with Gasteiger partial charge in [-0.1, -0.05) is 18.2 Å². The highest BCUT2D eigenvalue weighted by Gasteiger charge is 2.17. The number of para-hydroxylation sites is 1. The van der Waals surface area contributed by atoms with E-state index >= 15 is 0 Å². The summed E-state index contributed by atoms with van der Waals surface area (Å²) >= 11 is 0. The summed E-state index contributed by atoms with van der Waals surface area (Å²) in [7, 11) is 0.